The van der Waals surface area contributed by atoms with E-state index in [1.807, 2.05) is 53.0 Å². The van der Waals surface area contributed by atoms with E-state index in [9.17, 15) is 0 Å². The third kappa shape index (κ3) is 9.52. The maximum Gasteiger partial charge on any atom is 0.0668 e. The number of terminal acetylenes is 1. The Morgan fingerprint density at radius 3 is 1.60 bits per heavy atom. The van der Waals surface area contributed by atoms with Crippen LogP contribution in [0.1, 0.15) is 51.3 Å². The Bertz CT molecular complexity index is 3320. The van der Waals surface area contributed by atoms with Gasteiger partial charge < -0.3 is 9.13 Å². The molecule has 65 heavy (non-hydrogen) atoms. The van der Waals surface area contributed by atoms with E-state index in [0.717, 1.165) is 33.7 Å². The second-order valence-electron chi connectivity index (χ2n) is 15.5. The summed E-state index contributed by atoms with van der Waals surface area (Å²) in [6.07, 6.45) is 14.4. The molecule has 0 N–H and O–H groups in total. The molecule has 0 fully saturated rings. The molecule has 4 nitrogen and oxygen atoms in total. The Balaban J connectivity index is 0.000000210. The fourth-order valence-electron chi connectivity index (χ4n) is 8.22. The molecule has 9 rings (SSSR count). The van der Waals surface area contributed by atoms with Crippen molar-refractivity contribution in [3.05, 3.63) is 223 Å². The van der Waals surface area contributed by atoms with E-state index < -0.39 is 0 Å². The van der Waals surface area contributed by atoms with Crippen LogP contribution in [-0.4, -0.2) is 28.1 Å². The number of hydrogen-bond donors (Lipinski definition) is 0. The van der Waals surface area contributed by atoms with E-state index in [0.29, 0.717) is 0 Å². The van der Waals surface area contributed by atoms with E-state index >= 15 is 0 Å². The summed E-state index contributed by atoms with van der Waals surface area (Å²) in [6.45, 7) is 15.9. The van der Waals surface area contributed by atoms with Crippen LogP contribution in [0.5, 0.6) is 0 Å². The van der Waals surface area contributed by atoms with Crippen LogP contribution in [0.15, 0.2) is 216 Å². The van der Waals surface area contributed by atoms with Gasteiger partial charge in [-0.25, -0.2) is 0 Å². The van der Waals surface area contributed by atoms with Crippen LogP contribution in [0, 0.1) is 19.3 Å². The summed E-state index contributed by atoms with van der Waals surface area (Å²) < 4.78 is 4.75. The quantitative estimate of drug-likeness (QED) is 0.0788. The first-order valence-electron chi connectivity index (χ1n) is 22.2. The topological polar surface area (TPSA) is 34.6 Å². The van der Waals surface area contributed by atoms with E-state index in [4.69, 9.17) is 6.42 Å². The Labute approximate surface area is 384 Å². The number of para-hydroxylation sites is 3. The highest BCUT2D eigenvalue weighted by molar-refractivity contribution is 6.13. The van der Waals surface area contributed by atoms with Gasteiger partial charge in [0, 0.05) is 51.9 Å². The first-order chi connectivity index (χ1) is 31.8. The highest BCUT2D eigenvalue weighted by Crippen LogP contribution is 2.38. The lowest BCUT2D eigenvalue weighted by Crippen LogP contribution is -1.97. The molecule has 0 bridgehead atoms. The molecule has 0 saturated carbocycles. The number of aryl methyl sites for hydroxylation is 1. The van der Waals surface area contributed by atoms with Gasteiger partial charge in [0.05, 0.1) is 27.8 Å². The number of allylic oxidation sites excluding steroid dienone is 6. The summed E-state index contributed by atoms with van der Waals surface area (Å²) in [5, 5.41) is 5.09. The Kier molecular flexibility index (Phi) is 14.5. The number of nitrogens with zero attached hydrogens (tertiary/aromatic N) is 4. The summed E-state index contributed by atoms with van der Waals surface area (Å²) in [5.41, 5.74) is 17.0. The highest BCUT2D eigenvalue weighted by atomic mass is 15.0. The number of fused-ring (bicyclic) bond motifs is 6. The van der Waals surface area contributed by atoms with Gasteiger partial charge in [-0.15, -0.1) is 6.42 Å². The highest BCUT2D eigenvalue weighted by Gasteiger charge is 2.16. The Morgan fingerprint density at radius 2 is 1.09 bits per heavy atom. The van der Waals surface area contributed by atoms with Crippen LogP contribution in [0.25, 0.3) is 71.7 Å². The van der Waals surface area contributed by atoms with Gasteiger partial charge in [0.25, 0.3) is 0 Å². The van der Waals surface area contributed by atoms with Crippen molar-refractivity contribution in [2.45, 2.75) is 41.5 Å². The van der Waals surface area contributed by atoms with Crippen LogP contribution in [0.2, 0.25) is 0 Å². The van der Waals surface area contributed by atoms with Crippen LogP contribution in [0.3, 0.4) is 0 Å². The molecule has 0 atom stereocenters. The molecule has 2 heterocycles. The van der Waals surface area contributed by atoms with Gasteiger partial charge in [-0.2, -0.15) is 0 Å². The van der Waals surface area contributed by atoms with Crippen LogP contribution >= 0.6 is 0 Å². The van der Waals surface area contributed by atoms with Crippen molar-refractivity contribution < 1.29 is 0 Å². The molecule has 0 saturated heterocycles. The van der Waals surface area contributed by atoms with E-state index in [-0.39, 0.29) is 0 Å². The van der Waals surface area contributed by atoms with Gasteiger partial charge in [0.15, 0.2) is 0 Å². The normalized spacial score (nSPS) is 12.3. The van der Waals surface area contributed by atoms with Gasteiger partial charge in [0.1, 0.15) is 0 Å². The predicted molar refractivity (Wildman–Crippen MR) is 284 cm³/mol. The van der Waals surface area contributed by atoms with Crippen molar-refractivity contribution in [1.82, 2.24) is 9.13 Å². The Hall–Kier alpha value is -8.00. The van der Waals surface area contributed by atoms with E-state index in [1.54, 1.807) is 19.2 Å². The maximum absolute atomic E-state index is 5.29. The van der Waals surface area contributed by atoms with E-state index in [1.165, 1.54) is 71.7 Å². The zero-order valence-electron chi connectivity index (χ0n) is 38.5. The second kappa shape index (κ2) is 20.9. The molecule has 0 aliphatic carbocycles. The zero-order valence-corrected chi connectivity index (χ0v) is 38.5. The Morgan fingerprint density at radius 1 is 0.600 bits per heavy atom. The fourth-order valence-corrected chi connectivity index (χ4v) is 8.22. The standard InChI is InChI=1S/C37H26N2.C22H24N2.C2H6/c1-25-15-19-29(20-16-25)39-35-14-8-6-12-31(35)33-24-27(18-22-37(33)39)26-17-21-36-32(23-26)30-11-5-7-13-34(30)38(36)28-9-3-2-4-10-28;1-7-10-11-22(17(4)8-2)24-18(5)20-12-14-21(15-13-20)19(9-3)16-23-6;1-2/h2-24H,1H3;1,8-16H,2H2,3-6H3;1-2H3/b;11-10-,19-9+,22-17+,23-16?,24-18?;. The number of benzene rings is 7. The van der Waals surface area contributed by atoms with Crippen molar-refractivity contribution in [3.8, 4) is 34.8 Å². The van der Waals surface area contributed by atoms with E-state index in [2.05, 4.69) is 202 Å². The van der Waals surface area contributed by atoms with Crippen molar-refractivity contribution in [2.24, 2.45) is 9.98 Å². The third-order valence-corrected chi connectivity index (χ3v) is 11.5. The summed E-state index contributed by atoms with van der Waals surface area (Å²) in [6, 6.07) is 59.0. The molecular weight excluding hydrogens is 789 g/mol. The van der Waals surface area contributed by atoms with Crippen LogP contribution < -0.4 is 0 Å². The minimum Gasteiger partial charge on any atom is -0.309 e. The lowest BCUT2D eigenvalue weighted by atomic mass is 10.0. The molecule has 0 aliphatic heterocycles. The molecule has 0 unspecified atom stereocenters. The summed E-state index contributed by atoms with van der Waals surface area (Å²) in [4.78, 5) is 8.77. The molecule has 0 aliphatic rings. The minimum atomic E-state index is 0.816. The second-order valence-corrected chi connectivity index (χ2v) is 15.5. The van der Waals surface area contributed by atoms with Crippen molar-refractivity contribution in [3.63, 3.8) is 0 Å². The molecule has 4 heteroatoms. The zero-order chi connectivity index (χ0) is 45.9. The van der Waals surface area contributed by atoms with Gasteiger partial charge in [-0.3, -0.25) is 9.98 Å². The number of rotatable bonds is 9. The number of hydrogen-bond acceptors (Lipinski definition) is 2. The maximum atomic E-state index is 5.29. The molecule has 0 amide bonds. The minimum absolute atomic E-state index is 0.816. The SMILES string of the molecule is C#C/C=C\C(N=C(C)c1ccc(/C(C=NC)=C/C)cc1)=C(\C)C=C.CC.Cc1ccc(-n2c3ccccc3c3cc(-c4ccc5c(c4)c4ccccc4n5-c4ccccc4)ccc32)cc1. The van der Waals surface area contributed by atoms with Gasteiger partial charge in [-0.1, -0.05) is 147 Å². The fraction of sp³-hybridized carbons (Fsp3) is 0.115. The van der Waals surface area contributed by atoms with Crippen molar-refractivity contribution >= 4 is 61.1 Å². The van der Waals surface area contributed by atoms with Gasteiger partial charge in [-0.05, 0) is 134 Å². The summed E-state index contributed by atoms with van der Waals surface area (Å²) in [5.74, 6) is 2.49. The molecule has 0 spiro atoms. The molecule has 2 aromatic heterocycles. The largest absolute Gasteiger partial charge is 0.309 e. The summed E-state index contributed by atoms with van der Waals surface area (Å²) >= 11 is 0. The predicted octanol–water partition coefficient (Wildman–Crippen LogP) is 16.1. The molecular formula is C61H56N4. The molecule has 9 aromatic rings. The molecule has 7 aromatic carbocycles. The molecule has 320 valence electrons. The number of aromatic nitrogens is 2. The average Bonchev–Trinajstić information content (AvgIpc) is 3.88. The van der Waals surface area contributed by atoms with Crippen molar-refractivity contribution in [1.29, 1.82) is 0 Å². The smallest absolute Gasteiger partial charge is 0.0668 e. The first-order valence-corrected chi connectivity index (χ1v) is 22.2. The molecule has 0 radical (unpaired) electrons. The summed E-state index contributed by atoms with van der Waals surface area (Å²) in [7, 11) is 1.77. The van der Waals surface area contributed by atoms with Gasteiger partial charge >= 0.3 is 0 Å². The van der Waals surface area contributed by atoms with Crippen LogP contribution in [-0.2, 0) is 0 Å². The van der Waals surface area contributed by atoms with Crippen molar-refractivity contribution in [2.75, 3.05) is 7.05 Å². The van der Waals surface area contributed by atoms with Gasteiger partial charge in [0.2, 0.25) is 0 Å². The first kappa shape index (κ1) is 45.0. The number of aliphatic imine (C=N–C) groups is 2. The lowest BCUT2D eigenvalue weighted by Gasteiger charge is -2.09. The average molecular weight is 845 g/mol. The lowest BCUT2D eigenvalue weighted by molar-refractivity contribution is 1.17. The monoisotopic (exact) mass is 844 g/mol. The third-order valence-electron chi connectivity index (χ3n) is 11.5. The van der Waals surface area contributed by atoms with Crippen LogP contribution in [0.4, 0.5) is 0 Å².